The zero-order valence-electron chi connectivity index (χ0n) is 12.1. The Morgan fingerprint density at radius 2 is 1.86 bits per heavy atom. The number of hydrogen-bond acceptors (Lipinski definition) is 2. The molecule has 0 radical (unpaired) electrons. The zero-order valence-corrected chi connectivity index (χ0v) is 12.1. The number of rotatable bonds is 5. The molecule has 0 bridgehead atoms. The van der Waals surface area contributed by atoms with Gasteiger partial charge in [-0.3, -0.25) is 4.79 Å². The fourth-order valence-electron chi connectivity index (χ4n) is 1.88. The SMILES string of the molecule is CCC(Oc1ccc(C)cc1)C(=O)Nc1ccccc1F. The third-order valence-corrected chi connectivity index (χ3v) is 3.09. The van der Waals surface area contributed by atoms with Gasteiger partial charge in [0.15, 0.2) is 6.10 Å². The monoisotopic (exact) mass is 287 g/mol. The summed E-state index contributed by atoms with van der Waals surface area (Å²) < 4.78 is 19.2. The highest BCUT2D eigenvalue weighted by molar-refractivity contribution is 5.94. The van der Waals surface area contributed by atoms with Crippen LogP contribution >= 0.6 is 0 Å². The Balaban J connectivity index is 2.05. The number of benzene rings is 2. The number of amides is 1. The summed E-state index contributed by atoms with van der Waals surface area (Å²) in [6.45, 7) is 3.83. The molecule has 0 aromatic heterocycles. The number of hydrogen-bond donors (Lipinski definition) is 1. The first-order chi connectivity index (χ1) is 10.1. The average molecular weight is 287 g/mol. The second-order valence-corrected chi connectivity index (χ2v) is 4.80. The van der Waals surface area contributed by atoms with E-state index in [4.69, 9.17) is 4.74 Å². The van der Waals surface area contributed by atoms with Gasteiger partial charge in [0.2, 0.25) is 0 Å². The van der Waals surface area contributed by atoms with Crippen molar-refractivity contribution in [1.29, 1.82) is 0 Å². The van der Waals surface area contributed by atoms with E-state index in [1.807, 2.05) is 38.1 Å². The van der Waals surface area contributed by atoms with Crippen molar-refractivity contribution in [2.75, 3.05) is 5.32 Å². The van der Waals surface area contributed by atoms with E-state index in [2.05, 4.69) is 5.32 Å². The number of halogens is 1. The van der Waals surface area contributed by atoms with Gasteiger partial charge in [0.05, 0.1) is 5.69 Å². The van der Waals surface area contributed by atoms with Crippen LogP contribution in [0.3, 0.4) is 0 Å². The molecule has 0 aliphatic carbocycles. The number of carbonyl (C=O) groups is 1. The zero-order chi connectivity index (χ0) is 15.2. The highest BCUT2D eigenvalue weighted by Gasteiger charge is 2.19. The molecule has 1 N–H and O–H groups in total. The van der Waals surface area contributed by atoms with Gasteiger partial charge in [-0.1, -0.05) is 36.8 Å². The van der Waals surface area contributed by atoms with Crippen LogP contribution in [0.5, 0.6) is 5.75 Å². The van der Waals surface area contributed by atoms with Crippen molar-refractivity contribution in [1.82, 2.24) is 0 Å². The number of ether oxygens (including phenoxy) is 1. The Labute approximate surface area is 123 Å². The van der Waals surface area contributed by atoms with Crippen molar-refractivity contribution in [3.05, 3.63) is 59.9 Å². The predicted molar refractivity (Wildman–Crippen MR) is 80.9 cm³/mol. The summed E-state index contributed by atoms with van der Waals surface area (Å²) in [6.07, 6.45) is -0.166. The molecule has 110 valence electrons. The van der Waals surface area contributed by atoms with Gasteiger partial charge in [0.1, 0.15) is 11.6 Å². The van der Waals surface area contributed by atoms with E-state index in [9.17, 15) is 9.18 Å². The van der Waals surface area contributed by atoms with E-state index in [-0.39, 0.29) is 11.6 Å². The smallest absolute Gasteiger partial charge is 0.265 e. The molecule has 0 saturated heterocycles. The second-order valence-electron chi connectivity index (χ2n) is 4.80. The summed E-state index contributed by atoms with van der Waals surface area (Å²) >= 11 is 0. The first-order valence-electron chi connectivity index (χ1n) is 6.89. The highest BCUT2D eigenvalue weighted by Crippen LogP contribution is 2.17. The molecule has 1 amide bonds. The number of anilines is 1. The van der Waals surface area contributed by atoms with Crippen molar-refractivity contribution in [2.24, 2.45) is 0 Å². The molecule has 0 saturated carbocycles. The number of nitrogens with one attached hydrogen (secondary N) is 1. The molecular weight excluding hydrogens is 269 g/mol. The van der Waals surface area contributed by atoms with Gasteiger partial charge >= 0.3 is 0 Å². The minimum atomic E-state index is -0.660. The molecule has 0 aliphatic heterocycles. The van der Waals surface area contributed by atoms with Crippen molar-refractivity contribution in [2.45, 2.75) is 26.4 Å². The largest absolute Gasteiger partial charge is 0.481 e. The Morgan fingerprint density at radius 3 is 2.48 bits per heavy atom. The van der Waals surface area contributed by atoms with Crippen LogP contribution < -0.4 is 10.1 Å². The number of para-hydroxylation sites is 1. The molecule has 0 aliphatic rings. The fraction of sp³-hybridized carbons (Fsp3) is 0.235. The summed E-state index contributed by atoms with van der Waals surface area (Å²) in [5, 5.41) is 2.55. The first kappa shape index (κ1) is 15.0. The van der Waals surface area contributed by atoms with Crippen molar-refractivity contribution in [3.63, 3.8) is 0 Å². The van der Waals surface area contributed by atoms with Crippen LogP contribution in [0.2, 0.25) is 0 Å². The lowest BCUT2D eigenvalue weighted by Gasteiger charge is -2.17. The van der Waals surface area contributed by atoms with Crippen LogP contribution in [-0.4, -0.2) is 12.0 Å². The maximum Gasteiger partial charge on any atom is 0.265 e. The molecule has 2 aromatic rings. The lowest BCUT2D eigenvalue weighted by atomic mass is 10.2. The summed E-state index contributed by atoms with van der Waals surface area (Å²) in [5.74, 6) is -0.199. The quantitative estimate of drug-likeness (QED) is 0.905. The van der Waals surface area contributed by atoms with Crippen LogP contribution in [0.25, 0.3) is 0 Å². The molecule has 0 spiro atoms. The fourth-order valence-corrected chi connectivity index (χ4v) is 1.88. The molecule has 2 rings (SSSR count). The Hall–Kier alpha value is -2.36. The topological polar surface area (TPSA) is 38.3 Å². The van der Waals surface area contributed by atoms with E-state index in [0.29, 0.717) is 12.2 Å². The molecular formula is C17H18FNO2. The van der Waals surface area contributed by atoms with Gasteiger partial charge in [0, 0.05) is 0 Å². The number of carbonyl (C=O) groups excluding carboxylic acids is 1. The van der Waals surface area contributed by atoms with Crippen LogP contribution in [0.15, 0.2) is 48.5 Å². The van der Waals surface area contributed by atoms with Gasteiger partial charge in [-0.2, -0.15) is 0 Å². The van der Waals surface area contributed by atoms with E-state index in [1.54, 1.807) is 12.1 Å². The van der Waals surface area contributed by atoms with Gasteiger partial charge < -0.3 is 10.1 Å². The first-order valence-corrected chi connectivity index (χ1v) is 6.89. The van der Waals surface area contributed by atoms with Crippen LogP contribution in [0.4, 0.5) is 10.1 Å². The van der Waals surface area contributed by atoms with E-state index in [0.717, 1.165) is 5.56 Å². The molecule has 21 heavy (non-hydrogen) atoms. The molecule has 1 unspecified atom stereocenters. The molecule has 0 fully saturated rings. The standard InChI is InChI=1S/C17H18FNO2/c1-3-16(21-13-10-8-12(2)9-11-13)17(20)19-15-7-5-4-6-14(15)18/h4-11,16H,3H2,1-2H3,(H,19,20). The Kier molecular flexibility index (Phi) is 4.93. The van der Waals surface area contributed by atoms with Gasteiger partial charge in [0.25, 0.3) is 5.91 Å². The normalized spacial score (nSPS) is 11.8. The lowest BCUT2D eigenvalue weighted by molar-refractivity contribution is -0.122. The highest BCUT2D eigenvalue weighted by atomic mass is 19.1. The Bertz CT molecular complexity index is 610. The maximum atomic E-state index is 13.5. The van der Waals surface area contributed by atoms with Crippen LogP contribution in [-0.2, 0) is 4.79 Å². The van der Waals surface area contributed by atoms with E-state index in [1.165, 1.54) is 12.1 Å². The van der Waals surface area contributed by atoms with Gasteiger partial charge in [-0.15, -0.1) is 0 Å². The summed E-state index contributed by atoms with van der Waals surface area (Å²) in [4.78, 5) is 12.2. The molecule has 4 heteroatoms. The maximum absolute atomic E-state index is 13.5. The Morgan fingerprint density at radius 1 is 1.19 bits per heavy atom. The van der Waals surface area contributed by atoms with Crippen LogP contribution in [0.1, 0.15) is 18.9 Å². The van der Waals surface area contributed by atoms with Gasteiger partial charge in [-0.05, 0) is 37.6 Å². The lowest BCUT2D eigenvalue weighted by Crippen LogP contribution is -2.32. The van der Waals surface area contributed by atoms with Gasteiger partial charge in [-0.25, -0.2) is 4.39 Å². The minimum Gasteiger partial charge on any atom is -0.481 e. The van der Waals surface area contributed by atoms with E-state index >= 15 is 0 Å². The summed E-state index contributed by atoms with van der Waals surface area (Å²) in [5.41, 5.74) is 1.28. The average Bonchev–Trinajstić information content (AvgIpc) is 2.49. The van der Waals surface area contributed by atoms with Crippen molar-refractivity contribution < 1.29 is 13.9 Å². The molecule has 3 nitrogen and oxygen atoms in total. The third-order valence-electron chi connectivity index (χ3n) is 3.09. The summed E-state index contributed by atoms with van der Waals surface area (Å²) in [7, 11) is 0. The van der Waals surface area contributed by atoms with E-state index < -0.39 is 11.9 Å². The minimum absolute atomic E-state index is 0.161. The molecule has 2 aromatic carbocycles. The summed E-state index contributed by atoms with van der Waals surface area (Å²) in [6, 6.07) is 13.5. The predicted octanol–water partition coefficient (Wildman–Crippen LogP) is 3.93. The molecule has 1 atom stereocenters. The third kappa shape index (κ3) is 4.05. The molecule has 0 heterocycles. The second kappa shape index (κ2) is 6.88. The van der Waals surface area contributed by atoms with Crippen molar-refractivity contribution >= 4 is 11.6 Å². The van der Waals surface area contributed by atoms with Crippen LogP contribution in [0, 0.1) is 12.7 Å². The number of aryl methyl sites for hydroxylation is 1. The van der Waals surface area contributed by atoms with Crippen molar-refractivity contribution in [3.8, 4) is 5.75 Å².